The van der Waals surface area contributed by atoms with E-state index in [2.05, 4.69) is 4.74 Å². The van der Waals surface area contributed by atoms with Crippen molar-refractivity contribution in [2.24, 2.45) is 0 Å². The van der Waals surface area contributed by atoms with Crippen LogP contribution in [-0.2, 0) is 16.1 Å². The molecule has 6 heteroatoms. The second-order valence-corrected chi connectivity index (χ2v) is 2.95. The van der Waals surface area contributed by atoms with Crippen LogP contribution < -0.4 is 5.32 Å². The number of carbonyl (C=O) groups is 2. The lowest BCUT2D eigenvalue weighted by Gasteiger charge is -2.06. The lowest BCUT2D eigenvalue weighted by Crippen LogP contribution is -2.29. The minimum atomic E-state index is -1.15. The summed E-state index contributed by atoms with van der Waals surface area (Å²) in [6.45, 7) is -0.613. The van der Waals surface area contributed by atoms with Gasteiger partial charge in [0.25, 0.3) is 0 Å². The molecule has 0 radical (unpaired) electrons. The number of hydrogen-bond acceptors (Lipinski definition) is 4. The normalized spacial score (nSPS) is 9.50. The zero-order valence-corrected chi connectivity index (χ0v) is 8.34. The van der Waals surface area contributed by atoms with Crippen LogP contribution in [0.25, 0.3) is 0 Å². The molecule has 0 heterocycles. The van der Waals surface area contributed by atoms with E-state index in [0.717, 1.165) is 0 Å². The SMILES string of the molecule is O=C(O)CNC(=O)OCc1ccccc1O. The third-order valence-electron chi connectivity index (χ3n) is 1.73. The fraction of sp³-hybridized carbons (Fsp3) is 0.200. The first-order valence-electron chi connectivity index (χ1n) is 4.49. The Balaban J connectivity index is 2.37. The number of amides is 1. The number of nitrogens with one attached hydrogen (secondary N) is 1. The zero-order valence-electron chi connectivity index (χ0n) is 8.34. The van der Waals surface area contributed by atoms with Gasteiger partial charge in [0.05, 0.1) is 0 Å². The third kappa shape index (κ3) is 3.87. The van der Waals surface area contributed by atoms with Crippen LogP contribution >= 0.6 is 0 Å². The number of alkyl carbamates (subject to hydrolysis) is 1. The van der Waals surface area contributed by atoms with Crippen molar-refractivity contribution < 1.29 is 24.5 Å². The molecule has 16 heavy (non-hydrogen) atoms. The summed E-state index contributed by atoms with van der Waals surface area (Å²) < 4.78 is 4.69. The van der Waals surface area contributed by atoms with Crippen molar-refractivity contribution in [2.45, 2.75) is 6.61 Å². The van der Waals surface area contributed by atoms with Gasteiger partial charge in [-0.2, -0.15) is 0 Å². The molecule has 0 fully saturated rings. The molecular formula is C10H11NO5. The second-order valence-electron chi connectivity index (χ2n) is 2.95. The Bertz CT molecular complexity index is 391. The molecule has 0 aliphatic heterocycles. The van der Waals surface area contributed by atoms with E-state index in [0.29, 0.717) is 5.56 Å². The van der Waals surface area contributed by atoms with Crippen LogP contribution in [0.15, 0.2) is 24.3 Å². The van der Waals surface area contributed by atoms with E-state index in [1.165, 1.54) is 6.07 Å². The predicted molar refractivity (Wildman–Crippen MR) is 53.9 cm³/mol. The number of carboxylic acid groups (broad SMARTS) is 1. The average Bonchev–Trinajstić information content (AvgIpc) is 2.25. The summed E-state index contributed by atoms with van der Waals surface area (Å²) in [5.74, 6) is -1.13. The van der Waals surface area contributed by atoms with E-state index in [1.54, 1.807) is 18.2 Å². The highest BCUT2D eigenvalue weighted by Gasteiger charge is 2.06. The largest absolute Gasteiger partial charge is 0.508 e. The summed E-state index contributed by atoms with van der Waals surface area (Å²) >= 11 is 0. The van der Waals surface area contributed by atoms with Crippen molar-refractivity contribution in [2.75, 3.05) is 6.54 Å². The number of phenolic OH excluding ortho intramolecular Hbond substituents is 1. The van der Waals surface area contributed by atoms with Crippen molar-refractivity contribution >= 4 is 12.1 Å². The molecule has 1 amide bonds. The summed E-state index contributed by atoms with van der Waals surface area (Å²) in [6, 6.07) is 6.39. The van der Waals surface area contributed by atoms with Gasteiger partial charge in [0.2, 0.25) is 0 Å². The molecule has 1 aromatic rings. The first-order valence-corrected chi connectivity index (χ1v) is 4.49. The van der Waals surface area contributed by atoms with Gasteiger partial charge in [0.1, 0.15) is 18.9 Å². The van der Waals surface area contributed by atoms with Crippen molar-refractivity contribution in [3.8, 4) is 5.75 Å². The molecule has 0 saturated carbocycles. The monoisotopic (exact) mass is 225 g/mol. The lowest BCUT2D eigenvalue weighted by atomic mass is 10.2. The zero-order chi connectivity index (χ0) is 12.0. The molecule has 0 atom stereocenters. The number of aliphatic carboxylic acids is 1. The maximum absolute atomic E-state index is 11.0. The molecule has 86 valence electrons. The number of rotatable bonds is 4. The van der Waals surface area contributed by atoms with E-state index in [9.17, 15) is 14.7 Å². The molecule has 0 unspecified atom stereocenters. The Morgan fingerprint density at radius 2 is 2.00 bits per heavy atom. The van der Waals surface area contributed by atoms with Crippen LogP contribution in [0.5, 0.6) is 5.75 Å². The Hall–Kier alpha value is -2.24. The number of hydrogen-bond donors (Lipinski definition) is 3. The van der Waals surface area contributed by atoms with Crippen LogP contribution in [0, 0.1) is 0 Å². The number of benzene rings is 1. The van der Waals surface area contributed by atoms with Gasteiger partial charge < -0.3 is 20.3 Å². The Kier molecular flexibility index (Phi) is 4.14. The van der Waals surface area contributed by atoms with Gasteiger partial charge in [0.15, 0.2) is 0 Å². The smallest absolute Gasteiger partial charge is 0.407 e. The van der Waals surface area contributed by atoms with Gasteiger partial charge in [-0.15, -0.1) is 0 Å². The number of ether oxygens (including phenoxy) is 1. The molecular weight excluding hydrogens is 214 g/mol. The van der Waals surface area contributed by atoms with Gasteiger partial charge >= 0.3 is 12.1 Å². The van der Waals surface area contributed by atoms with Crippen LogP contribution in [0.2, 0.25) is 0 Å². The molecule has 0 bridgehead atoms. The number of carbonyl (C=O) groups excluding carboxylic acids is 1. The molecule has 3 N–H and O–H groups in total. The first-order chi connectivity index (χ1) is 7.59. The summed E-state index contributed by atoms with van der Waals surface area (Å²) in [5, 5.41) is 19.6. The van der Waals surface area contributed by atoms with Gasteiger partial charge in [0, 0.05) is 5.56 Å². The molecule has 0 spiro atoms. The van der Waals surface area contributed by atoms with E-state index in [1.807, 2.05) is 5.32 Å². The minimum absolute atomic E-state index is 0.0218. The maximum atomic E-state index is 11.0. The van der Waals surface area contributed by atoms with E-state index >= 15 is 0 Å². The molecule has 1 rings (SSSR count). The van der Waals surface area contributed by atoms with E-state index in [-0.39, 0.29) is 12.4 Å². The molecule has 1 aromatic carbocycles. The summed E-state index contributed by atoms with van der Waals surface area (Å²) in [6.07, 6.45) is -0.842. The summed E-state index contributed by atoms with van der Waals surface area (Å²) in [5.41, 5.74) is 0.452. The van der Waals surface area contributed by atoms with E-state index in [4.69, 9.17) is 5.11 Å². The first kappa shape index (κ1) is 11.8. The van der Waals surface area contributed by atoms with Crippen molar-refractivity contribution in [3.05, 3.63) is 29.8 Å². The summed E-state index contributed by atoms with van der Waals surface area (Å²) in [4.78, 5) is 21.1. The fourth-order valence-electron chi connectivity index (χ4n) is 0.975. The van der Waals surface area contributed by atoms with Crippen LogP contribution in [0.4, 0.5) is 4.79 Å². The van der Waals surface area contributed by atoms with E-state index < -0.39 is 18.6 Å². The summed E-state index contributed by atoms with van der Waals surface area (Å²) in [7, 11) is 0. The molecule has 6 nitrogen and oxygen atoms in total. The highest BCUT2D eigenvalue weighted by molar-refractivity contribution is 5.76. The maximum Gasteiger partial charge on any atom is 0.407 e. The van der Waals surface area contributed by atoms with Gasteiger partial charge in [-0.05, 0) is 6.07 Å². The average molecular weight is 225 g/mol. The quantitative estimate of drug-likeness (QED) is 0.701. The van der Waals surface area contributed by atoms with Crippen LogP contribution in [0.1, 0.15) is 5.56 Å². The van der Waals surface area contributed by atoms with Crippen molar-refractivity contribution in [1.82, 2.24) is 5.32 Å². The standard InChI is InChI=1S/C10H11NO5/c12-8-4-2-1-3-7(8)6-16-10(15)11-5-9(13)14/h1-4,12H,5-6H2,(H,11,15)(H,13,14). The number of carboxylic acids is 1. The van der Waals surface area contributed by atoms with Gasteiger partial charge in [-0.25, -0.2) is 4.79 Å². The molecule has 0 saturated heterocycles. The Morgan fingerprint density at radius 1 is 1.31 bits per heavy atom. The molecule has 0 aliphatic carbocycles. The topological polar surface area (TPSA) is 95.9 Å². The third-order valence-corrected chi connectivity index (χ3v) is 1.73. The van der Waals surface area contributed by atoms with Crippen molar-refractivity contribution in [1.29, 1.82) is 0 Å². The van der Waals surface area contributed by atoms with Crippen molar-refractivity contribution in [3.63, 3.8) is 0 Å². The van der Waals surface area contributed by atoms with Crippen LogP contribution in [0.3, 0.4) is 0 Å². The van der Waals surface area contributed by atoms with Crippen LogP contribution in [-0.4, -0.2) is 28.8 Å². The Labute approximate surface area is 91.5 Å². The lowest BCUT2D eigenvalue weighted by molar-refractivity contribution is -0.135. The molecule has 0 aliphatic rings. The number of phenols is 1. The number of aromatic hydroxyl groups is 1. The highest BCUT2D eigenvalue weighted by atomic mass is 16.5. The van der Waals surface area contributed by atoms with Gasteiger partial charge in [-0.1, -0.05) is 18.2 Å². The van der Waals surface area contributed by atoms with Gasteiger partial charge in [-0.3, -0.25) is 4.79 Å². The fourth-order valence-corrected chi connectivity index (χ4v) is 0.975. The second kappa shape index (κ2) is 5.59. The molecule has 0 aromatic heterocycles. The predicted octanol–water partition coefficient (Wildman–Crippen LogP) is 0.703. The minimum Gasteiger partial charge on any atom is -0.508 e. The highest BCUT2D eigenvalue weighted by Crippen LogP contribution is 2.16. The Morgan fingerprint density at radius 3 is 2.62 bits per heavy atom. The number of para-hydroxylation sites is 1.